The third-order valence-corrected chi connectivity index (χ3v) is 1.06. The summed E-state index contributed by atoms with van der Waals surface area (Å²) in [6.07, 6.45) is 0. The molecule has 52 valence electrons. The molecule has 0 amide bonds. The first-order valence-electron chi connectivity index (χ1n) is 2.67. The van der Waals surface area contributed by atoms with Crippen molar-refractivity contribution in [1.82, 2.24) is 0 Å². The number of hydrogen-bond donors (Lipinski definition) is 0. The molecule has 0 aliphatic carbocycles. The van der Waals surface area contributed by atoms with Crippen LogP contribution in [-0.2, 0) is 0 Å². The molecule has 0 bridgehead atoms. The van der Waals surface area contributed by atoms with Crippen LogP contribution < -0.4 is 34.7 Å². The first-order chi connectivity index (χ1) is 4.70. The van der Waals surface area contributed by atoms with Crippen molar-refractivity contribution < 1.29 is 43.8 Å². The fourth-order valence-electron chi connectivity index (χ4n) is 0.615. The van der Waals surface area contributed by atoms with E-state index >= 15 is 0 Å². The quantitative estimate of drug-likeness (QED) is 0.418. The summed E-state index contributed by atoms with van der Waals surface area (Å²) in [6, 6.07) is 4.68. The first-order valence-corrected chi connectivity index (χ1v) is 2.67. The predicted octanol–water partition coefficient (Wildman–Crippen LogP) is -2.81. The standard InChI is InChI=1S/C7H5FO2.Na/c8-6-3-1-2-5(4-6)7(9)10;/h1-4H,(H,9,10);/q;+1/p-1. The Kier molecular flexibility index (Phi) is 4.33. The Morgan fingerprint density at radius 2 is 2.09 bits per heavy atom. The Hall–Kier alpha value is -0.380. The number of benzene rings is 1. The number of carboxylic acids is 1. The van der Waals surface area contributed by atoms with Crippen molar-refractivity contribution >= 4 is 5.97 Å². The molecule has 11 heavy (non-hydrogen) atoms. The van der Waals surface area contributed by atoms with Crippen LogP contribution in [0, 0.1) is 5.82 Å². The van der Waals surface area contributed by atoms with Gasteiger partial charge < -0.3 is 9.90 Å². The van der Waals surface area contributed by atoms with Gasteiger partial charge in [0, 0.05) is 5.56 Å². The van der Waals surface area contributed by atoms with Gasteiger partial charge in [0.25, 0.3) is 0 Å². The van der Waals surface area contributed by atoms with E-state index in [1.807, 2.05) is 0 Å². The van der Waals surface area contributed by atoms with Gasteiger partial charge >= 0.3 is 29.6 Å². The number of carboxylic acid groups (broad SMARTS) is 1. The van der Waals surface area contributed by atoms with E-state index in [0.717, 1.165) is 6.07 Å². The SMILES string of the molecule is O=C([O-])c1cccc(F)c1.[Na+]. The molecule has 1 aromatic carbocycles. The second-order valence-electron chi connectivity index (χ2n) is 1.80. The van der Waals surface area contributed by atoms with Crippen LogP contribution in [0.15, 0.2) is 24.3 Å². The molecule has 0 heterocycles. The van der Waals surface area contributed by atoms with Crippen molar-refractivity contribution in [3.63, 3.8) is 0 Å². The fraction of sp³-hybridized carbons (Fsp3) is 0. The van der Waals surface area contributed by atoms with E-state index in [0.29, 0.717) is 0 Å². The third-order valence-electron chi connectivity index (χ3n) is 1.06. The molecule has 1 aromatic rings. The van der Waals surface area contributed by atoms with Crippen LogP contribution in [0.3, 0.4) is 0 Å². The second-order valence-corrected chi connectivity index (χ2v) is 1.80. The summed E-state index contributed by atoms with van der Waals surface area (Å²) in [5, 5.41) is 10.1. The normalized spacial score (nSPS) is 8.45. The Labute approximate surface area is 85.3 Å². The van der Waals surface area contributed by atoms with E-state index in [2.05, 4.69) is 0 Å². The predicted molar refractivity (Wildman–Crippen MR) is 30.7 cm³/mol. The van der Waals surface area contributed by atoms with Crippen LogP contribution in [0.5, 0.6) is 0 Å². The van der Waals surface area contributed by atoms with E-state index in [1.165, 1.54) is 18.2 Å². The molecule has 0 aliphatic heterocycles. The van der Waals surface area contributed by atoms with Crippen molar-refractivity contribution in [2.75, 3.05) is 0 Å². The second kappa shape index (κ2) is 4.49. The van der Waals surface area contributed by atoms with Gasteiger partial charge in [-0.2, -0.15) is 0 Å². The Morgan fingerprint density at radius 1 is 1.45 bits per heavy atom. The molecule has 0 unspecified atom stereocenters. The molecule has 0 radical (unpaired) electrons. The van der Waals surface area contributed by atoms with Crippen molar-refractivity contribution in [2.24, 2.45) is 0 Å². The number of carbonyl (C=O) groups is 1. The maximum atomic E-state index is 12.2. The molecule has 0 aromatic heterocycles. The summed E-state index contributed by atoms with van der Waals surface area (Å²) in [5.41, 5.74) is -0.139. The molecule has 4 heteroatoms. The average Bonchev–Trinajstić information content (AvgIpc) is 1.88. The van der Waals surface area contributed by atoms with Gasteiger partial charge in [0.15, 0.2) is 0 Å². The maximum Gasteiger partial charge on any atom is 1.00 e. The Morgan fingerprint density at radius 3 is 2.45 bits per heavy atom. The van der Waals surface area contributed by atoms with Crippen molar-refractivity contribution in [3.05, 3.63) is 35.6 Å². The monoisotopic (exact) mass is 162 g/mol. The maximum absolute atomic E-state index is 12.2. The molecule has 1 rings (SSSR count). The van der Waals surface area contributed by atoms with Crippen LogP contribution in [0.1, 0.15) is 10.4 Å². The smallest absolute Gasteiger partial charge is 0.545 e. The number of hydrogen-bond acceptors (Lipinski definition) is 2. The number of aromatic carboxylic acids is 1. The van der Waals surface area contributed by atoms with Crippen LogP contribution >= 0.6 is 0 Å². The minimum Gasteiger partial charge on any atom is -0.545 e. The minimum atomic E-state index is -1.36. The molecular weight excluding hydrogens is 158 g/mol. The van der Waals surface area contributed by atoms with Gasteiger partial charge in [-0.25, -0.2) is 4.39 Å². The van der Waals surface area contributed by atoms with Crippen LogP contribution in [0.25, 0.3) is 0 Å². The number of rotatable bonds is 1. The Bertz CT molecular complexity index is 262. The zero-order chi connectivity index (χ0) is 7.56. The third kappa shape index (κ3) is 3.01. The number of halogens is 1. The van der Waals surface area contributed by atoms with Crippen LogP contribution in [0.4, 0.5) is 4.39 Å². The molecular formula is C7H4FNaO2. The molecule has 0 atom stereocenters. The van der Waals surface area contributed by atoms with E-state index in [-0.39, 0.29) is 35.1 Å². The molecule has 0 spiro atoms. The van der Waals surface area contributed by atoms with Gasteiger partial charge in [-0.1, -0.05) is 12.1 Å². The largest absolute Gasteiger partial charge is 1.00 e. The summed E-state index contributed by atoms with van der Waals surface area (Å²) in [6.45, 7) is 0. The average molecular weight is 162 g/mol. The molecule has 2 nitrogen and oxygen atoms in total. The molecule has 0 saturated heterocycles. The van der Waals surface area contributed by atoms with E-state index in [1.54, 1.807) is 0 Å². The molecule has 0 fully saturated rings. The minimum absolute atomic E-state index is 0. The van der Waals surface area contributed by atoms with Gasteiger partial charge in [0.1, 0.15) is 5.82 Å². The van der Waals surface area contributed by atoms with E-state index < -0.39 is 11.8 Å². The molecule has 0 aliphatic rings. The van der Waals surface area contributed by atoms with Crippen LogP contribution in [-0.4, -0.2) is 5.97 Å². The van der Waals surface area contributed by atoms with Crippen molar-refractivity contribution in [1.29, 1.82) is 0 Å². The zero-order valence-electron chi connectivity index (χ0n) is 6.00. The van der Waals surface area contributed by atoms with Gasteiger partial charge in [0.05, 0.1) is 5.97 Å². The van der Waals surface area contributed by atoms with Gasteiger partial charge in [-0.15, -0.1) is 0 Å². The summed E-state index contributed by atoms with van der Waals surface area (Å²) in [7, 11) is 0. The van der Waals surface area contributed by atoms with Gasteiger partial charge in [-0.3, -0.25) is 0 Å². The summed E-state index contributed by atoms with van der Waals surface area (Å²) >= 11 is 0. The topological polar surface area (TPSA) is 40.1 Å². The zero-order valence-corrected chi connectivity index (χ0v) is 8.00. The summed E-state index contributed by atoms with van der Waals surface area (Å²) in [5.74, 6) is -1.93. The van der Waals surface area contributed by atoms with Gasteiger partial charge in [-0.05, 0) is 12.1 Å². The van der Waals surface area contributed by atoms with Crippen molar-refractivity contribution in [2.45, 2.75) is 0 Å². The molecule has 0 saturated carbocycles. The first kappa shape index (κ1) is 10.6. The van der Waals surface area contributed by atoms with E-state index in [4.69, 9.17) is 0 Å². The van der Waals surface area contributed by atoms with E-state index in [9.17, 15) is 14.3 Å². The van der Waals surface area contributed by atoms with Crippen molar-refractivity contribution in [3.8, 4) is 0 Å². The summed E-state index contributed by atoms with van der Waals surface area (Å²) < 4.78 is 12.2. The fourth-order valence-corrected chi connectivity index (χ4v) is 0.615. The Balaban J connectivity index is 0.000001000. The number of carbonyl (C=O) groups excluding carboxylic acids is 1. The summed E-state index contributed by atoms with van der Waals surface area (Å²) in [4.78, 5) is 10.1. The molecule has 0 N–H and O–H groups in total. The van der Waals surface area contributed by atoms with Gasteiger partial charge in [0.2, 0.25) is 0 Å². The van der Waals surface area contributed by atoms with Crippen LogP contribution in [0.2, 0.25) is 0 Å².